The number of ether oxygens (including phenoxy) is 1. The van der Waals surface area contributed by atoms with Crippen molar-refractivity contribution in [2.45, 2.75) is 19.3 Å². The molecule has 8 nitrogen and oxygen atoms in total. The van der Waals surface area contributed by atoms with E-state index in [1.807, 2.05) is 0 Å². The van der Waals surface area contributed by atoms with E-state index in [-0.39, 0.29) is 34.6 Å². The number of carbonyl (C=O) groups excluding carboxylic acids is 1. The van der Waals surface area contributed by atoms with Crippen LogP contribution in [0.25, 0.3) is 33.8 Å². The molecule has 0 aliphatic carbocycles. The van der Waals surface area contributed by atoms with Crippen molar-refractivity contribution in [2.24, 2.45) is 0 Å². The number of fused-ring (bicyclic) bond motifs is 2. The van der Waals surface area contributed by atoms with Gasteiger partial charge in [-0.25, -0.2) is 19.6 Å². The van der Waals surface area contributed by atoms with E-state index in [1.54, 1.807) is 48.1 Å². The standard InChI is InChI=1S/C17H13F3N2O2.C15H9F3N2O2/c1-2-24-16(23)13-7-4-8-22-10-14(21-15(13)22)11-5-3-6-12(9-11)17(18,19)20;16-15(17,18)10-4-1-3-9(7-10)12-8-20-6-2-5-11(14(21)22)13(20)19-12/h3-10H,2H2,1H3;1-8H,(H,21,22). The monoisotopic (exact) mass is 640 g/mol. The van der Waals surface area contributed by atoms with E-state index in [9.17, 15) is 35.9 Å². The molecule has 0 fully saturated rings. The Hall–Kier alpha value is -5.66. The molecular weight excluding hydrogens is 618 g/mol. The summed E-state index contributed by atoms with van der Waals surface area (Å²) in [4.78, 5) is 31.6. The van der Waals surface area contributed by atoms with Gasteiger partial charge >= 0.3 is 24.3 Å². The van der Waals surface area contributed by atoms with Gasteiger partial charge in [0.2, 0.25) is 0 Å². The van der Waals surface area contributed by atoms with Gasteiger partial charge in [0.25, 0.3) is 0 Å². The lowest BCUT2D eigenvalue weighted by Crippen LogP contribution is -2.06. The van der Waals surface area contributed by atoms with E-state index in [0.717, 1.165) is 24.3 Å². The van der Waals surface area contributed by atoms with Gasteiger partial charge in [0, 0.05) is 35.9 Å². The van der Waals surface area contributed by atoms with Crippen LogP contribution < -0.4 is 0 Å². The van der Waals surface area contributed by atoms with Gasteiger partial charge in [0.05, 0.1) is 29.1 Å². The molecule has 0 amide bonds. The second kappa shape index (κ2) is 12.4. The van der Waals surface area contributed by atoms with Crippen molar-refractivity contribution in [1.29, 1.82) is 0 Å². The van der Waals surface area contributed by atoms with Crippen LogP contribution in [0.4, 0.5) is 26.3 Å². The maximum atomic E-state index is 12.9. The number of aromatic carboxylic acids is 1. The SMILES string of the molecule is CCOC(=O)c1cccn2cc(-c3cccc(C(F)(F)F)c3)nc12.O=C(O)c1cccn2cc(-c3cccc(C(F)(F)F)c3)nc12. The number of carboxylic acid groups (broad SMARTS) is 1. The van der Waals surface area contributed by atoms with Crippen molar-refractivity contribution in [3.8, 4) is 22.5 Å². The highest BCUT2D eigenvalue weighted by Crippen LogP contribution is 2.33. The zero-order valence-corrected chi connectivity index (χ0v) is 23.7. The molecule has 46 heavy (non-hydrogen) atoms. The molecule has 6 rings (SSSR count). The number of aromatic nitrogens is 4. The van der Waals surface area contributed by atoms with Crippen molar-refractivity contribution < 1.29 is 45.8 Å². The van der Waals surface area contributed by atoms with Gasteiger partial charge in [-0.2, -0.15) is 26.3 Å². The average Bonchev–Trinajstić information content (AvgIpc) is 3.66. The molecule has 236 valence electrons. The Labute approximate surface area is 256 Å². The van der Waals surface area contributed by atoms with Crippen LogP contribution in [-0.2, 0) is 17.1 Å². The van der Waals surface area contributed by atoms with Gasteiger partial charge in [-0.3, -0.25) is 0 Å². The van der Waals surface area contributed by atoms with Crippen molar-refractivity contribution in [3.63, 3.8) is 0 Å². The van der Waals surface area contributed by atoms with Crippen molar-refractivity contribution in [3.05, 3.63) is 120 Å². The first-order chi connectivity index (χ1) is 21.8. The lowest BCUT2D eigenvalue weighted by Gasteiger charge is -2.07. The number of hydrogen-bond acceptors (Lipinski definition) is 5. The smallest absolute Gasteiger partial charge is 0.416 e. The molecule has 0 unspecified atom stereocenters. The number of carbonyl (C=O) groups is 2. The molecule has 2 aromatic carbocycles. The number of nitrogens with zero attached hydrogens (tertiary/aromatic N) is 4. The Bertz CT molecular complexity index is 2060. The zero-order chi connectivity index (χ0) is 33.2. The molecule has 14 heteroatoms. The average molecular weight is 641 g/mol. The Morgan fingerprint density at radius 1 is 0.717 bits per heavy atom. The van der Waals surface area contributed by atoms with Crippen LogP contribution in [-0.4, -0.2) is 42.4 Å². The summed E-state index contributed by atoms with van der Waals surface area (Å²) >= 11 is 0. The van der Waals surface area contributed by atoms with Gasteiger partial charge in [0.15, 0.2) is 11.3 Å². The lowest BCUT2D eigenvalue weighted by atomic mass is 10.1. The summed E-state index contributed by atoms with van der Waals surface area (Å²) in [6.45, 7) is 1.92. The van der Waals surface area contributed by atoms with Gasteiger partial charge in [-0.1, -0.05) is 24.3 Å². The largest absolute Gasteiger partial charge is 0.478 e. The molecule has 0 spiro atoms. The highest BCUT2D eigenvalue weighted by Gasteiger charge is 2.31. The molecule has 0 aliphatic rings. The van der Waals surface area contributed by atoms with Crippen LogP contribution in [0.1, 0.15) is 38.8 Å². The number of esters is 1. The fraction of sp³-hybridized carbons (Fsp3) is 0.125. The van der Waals surface area contributed by atoms with E-state index >= 15 is 0 Å². The summed E-state index contributed by atoms with van der Waals surface area (Å²) in [6.07, 6.45) is -2.54. The Morgan fingerprint density at radius 3 is 1.61 bits per heavy atom. The number of pyridine rings is 2. The van der Waals surface area contributed by atoms with Crippen LogP contribution in [0.15, 0.2) is 97.6 Å². The van der Waals surface area contributed by atoms with Crippen LogP contribution in [0.2, 0.25) is 0 Å². The third kappa shape index (κ3) is 6.70. The van der Waals surface area contributed by atoms with Crippen molar-refractivity contribution in [1.82, 2.24) is 18.8 Å². The molecule has 0 radical (unpaired) electrons. The maximum absolute atomic E-state index is 12.9. The second-order valence-electron chi connectivity index (χ2n) is 9.74. The van der Waals surface area contributed by atoms with E-state index in [0.29, 0.717) is 16.9 Å². The fourth-order valence-corrected chi connectivity index (χ4v) is 4.55. The molecule has 0 bridgehead atoms. The van der Waals surface area contributed by atoms with Crippen molar-refractivity contribution >= 4 is 23.2 Å². The number of halogens is 6. The molecule has 4 heterocycles. The minimum absolute atomic E-state index is 0.0132. The molecule has 0 saturated heterocycles. The maximum Gasteiger partial charge on any atom is 0.416 e. The number of rotatable bonds is 5. The summed E-state index contributed by atoms with van der Waals surface area (Å²) < 4.78 is 84.9. The number of imidazole rings is 2. The predicted molar refractivity (Wildman–Crippen MR) is 154 cm³/mol. The zero-order valence-electron chi connectivity index (χ0n) is 23.7. The minimum atomic E-state index is -4.44. The van der Waals surface area contributed by atoms with Gasteiger partial charge in [0.1, 0.15) is 11.1 Å². The number of carboxylic acids is 1. The summed E-state index contributed by atoms with van der Waals surface area (Å²) in [7, 11) is 0. The summed E-state index contributed by atoms with van der Waals surface area (Å²) in [5.41, 5.74) is 0.461. The number of hydrogen-bond donors (Lipinski definition) is 1. The van der Waals surface area contributed by atoms with Gasteiger partial charge in [-0.15, -0.1) is 0 Å². The lowest BCUT2D eigenvalue weighted by molar-refractivity contribution is -0.138. The van der Waals surface area contributed by atoms with Crippen LogP contribution >= 0.6 is 0 Å². The van der Waals surface area contributed by atoms with E-state index in [2.05, 4.69) is 9.97 Å². The molecule has 0 atom stereocenters. The molecule has 1 N–H and O–H groups in total. The minimum Gasteiger partial charge on any atom is -0.478 e. The first kappa shape index (κ1) is 31.8. The highest BCUT2D eigenvalue weighted by molar-refractivity contribution is 5.96. The molecule has 0 aliphatic heterocycles. The molecule has 4 aromatic heterocycles. The van der Waals surface area contributed by atoms with E-state index in [4.69, 9.17) is 9.84 Å². The number of benzene rings is 2. The highest BCUT2D eigenvalue weighted by atomic mass is 19.4. The normalized spacial score (nSPS) is 11.7. The molecule has 6 aromatic rings. The first-order valence-electron chi connectivity index (χ1n) is 13.5. The van der Waals surface area contributed by atoms with Crippen molar-refractivity contribution in [2.75, 3.05) is 6.61 Å². The predicted octanol–water partition coefficient (Wildman–Crippen LogP) is 7.92. The topological polar surface area (TPSA) is 98.2 Å². The summed E-state index contributed by atoms with van der Waals surface area (Å²) in [5.74, 6) is -1.67. The quantitative estimate of drug-likeness (QED) is 0.152. The fourth-order valence-electron chi connectivity index (χ4n) is 4.55. The van der Waals surface area contributed by atoms with Gasteiger partial charge < -0.3 is 18.6 Å². The third-order valence-corrected chi connectivity index (χ3v) is 6.66. The van der Waals surface area contributed by atoms with E-state index in [1.165, 1.54) is 40.9 Å². The first-order valence-corrected chi connectivity index (χ1v) is 13.5. The third-order valence-electron chi connectivity index (χ3n) is 6.66. The Morgan fingerprint density at radius 2 is 1.17 bits per heavy atom. The summed E-state index contributed by atoms with van der Waals surface area (Å²) in [6, 6.07) is 15.8. The molecular formula is C32H22F6N4O4. The summed E-state index contributed by atoms with van der Waals surface area (Å²) in [5, 5.41) is 9.11. The second-order valence-corrected chi connectivity index (χ2v) is 9.74. The molecule has 0 saturated carbocycles. The van der Waals surface area contributed by atoms with Crippen LogP contribution in [0, 0.1) is 0 Å². The van der Waals surface area contributed by atoms with Gasteiger partial charge in [-0.05, 0) is 55.5 Å². The number of alkyl halides is 6. The Balaban J connectivity index is 0.000000182. The van der Waals surface area contributed by atoms with E-state index < -0.39 is 35.4 Å². The van der Waals surface area contributed by atoms with Crippen LogP contribution in [0.3, 0.4) is 0 Å². The Kier molecular flexibility index (Phi) is 8.55. The van der Waals surface area contributed by atoms with Crippen LogP contribution in [0.5, 0.6) is 0 Å².